The molecule has 8 nitrogen and oxygen atoms in total. The van der Waals surface area contributed by atoms with Crippen LogP contribution in [-0.4, -0.2) is 77.6 Å². The summed E-state index contributed by atoms with van der Waals surface area (Å²) in [7, 11) is 2.06. The van der Waals surface area contributed by atoms with Crippen molar-refractivity contribution >= 4 is 22.6 Å². The largest absolute Gasteiger partial charge is 0.462 e. The van der Waals surface area contributed by atoms with Crippen LogP contribution in [0.4, 0.5) is 14.6 Å². The topological polar surface area (TPSA) is 85.6 Å². The van der Waals surface area contributed by atoms with Gasteiger partial charge in [-0.05, 0) is 80.3 Å². The zero-order chi connectivity index (χ0) is 31.2. The van der Waals surface area contributed by atoms with Crippen molar-refractivity contribution in [1.29, 1.82) is 5.26 Å². The SMILES string of the molecule is C=C(F)C(=O)N1CCN(c2nc(OC[C@@H]3CCCN3C)nc3c(F)c(-c4cccc5c4C4CCCC4C5)ccc23)C[C@@H]1CC#N. The van der Waals surface area contributed by atoms with Crippen molar-refractivity contribution in [3.8, 4) is 23.2 Å². The average molecular weight is 613 g/mol. The fourth-order valence-electron chi connectivity index (χ4n) is 8.16. The number of ether oxygens (including phenoxy) is 1. The predicted molar refractivity (Wildman–Crippen MR) is 168 cm³/mol. The molecular formula is C35H38F2N6O2. The number of aromatic nitrogens is 2. The van der Waals surface area contributed by atoms with Crippen molar-refractivity contribution in [2.24, 2.45) is 5.92 Å². The van der Waals surface area contributed by atoms with Crippen LogP contribution < -0.4 is 9.64 Å². The number of nitrogens with zero attached hydrogens (tertiary/aromatic N) is 6. The third kappa shape index (κ3) is 5.31. The summed E-state index contributed by atoms with van der Waals surface area (Å²) >= 11 is 0. The Hall–Kier alpha value is -4.10. The molecule has 234 valence electrons. The molecular weight excluding hydrogens is 574 g/mol. The maximum atomic E-state index is 16.8. The van der Waals surface area contributed by atoms with Gasteiger partial charge >= 0.3 is 6.01 Å². The smallest absolute Gasteiger partial charge is 0.319 e. The highest BCUT2D eigenvalue weighted by Crippen LogP contribution is 2.52. The Labute approximate surface area is 262 Å². The van der Waals surface area contributed by atoms with E-state index in [1.807, 2.05) is 29.2 Å². The van der Waals surface area contributed by atoms with E-state index in [0.29, 0.717) is 41.8 Å². The molecule has 0 N–H and O–H groups in total. The number of nitriles is 1. The third-order valence-electron chi connectivity index (χ3n) is 10.4. The van der Waals surface area contributed by atoms with Crippen LogP contribution in [0.25, 0.3) is 22.0 Å². The first-order valence-electron chi connectivity index (χ1n) is 16.1. The van der Waals surface area contributed by atoms with Gasteiger partial charge in [0.2, 0.25) is 0 Å². The maximum absolute atomic E-state index is 16.8. The van der Waals surface area contributed by atoms with Gasteiger partial charge in [0.25, 0.3) is 5.91 Å². The number of likely N-dealkylation sites (tertiary alicyclic amines) is 1. The van der Waals surface area contributed by atoms with Crippen LogP contribution in [0.1, 0.15) is 55.6 Å². The quantitative estimate of drug-likeness (QED) is 0.314. The molecule has 2 aliphatic heterocycles. The summed E-state index contributed by atoms with van der Waals surface area (Å²) in [6, 6.07) is 11.8. The minimum Gasteiger partial charge on any atom is -0.462 e. The molecule has 1 aromatic heterocycles. The molecule has 2 saturated heterocycles. The molecule has 2 aromatic carbocycles. The maximum Gasteiger partial charge on any atom is 0.319 e. The van der Waals surface area contributed by atoms with Gasteiger partial charge in [-0.2, -0.15) is 15.2 Å². The van der Waals surface area contributed by atoms with E-state index in [4.69, 9.17) is 9.72 Å². The van der Waals surface area contributed by atoms with Gasteiger partial charge in [0.15, 0.2) is 11.6 Å². The Balaban J connectivity index is 1.30. The van der Waals surface area contributed by atoms with Crippen molar-refractivity contribution in [2.45, 2.75) is 62.9 Å². The van der Waals surface area contributed by atoms with Gasteiger partial charge in [-0.1, -0.05) is 37.3 Å². The van der Waals surface area contributed by atoms with Crippen LogP contribution in [0, 0.1) is 23.1 Å². The van der Waals surface area contributed by atoms with Crippen molar-refractivity contribution in [3.05, 3.63) is 59.7 Å². The van der Waals surface area contributed by atoms with E-state index < -0.39 is 23.6 Å². The fraction of sp³-hybridized carbons (Fsp3) is 0.486. The van der Waals surface area contributed by atoms with Crippen molar-refractivity contribution in [2.75, 3.05) is 44.7 Å². The number of anilines is 1. The van der Waals surface area contributed by atoms with Crippen LogP contribution in [0.3, 0.4) is 0 Å². The molecule has 4 atom stereocenters. The van der Waals surface area contributed by atoms with Gasteiger partial charge in [0.05, 0.1) is 18.5 Å². The number of hydrogen-bond donors (Lipinski definition) is 0. The summed E-state index contributed by atoms with van der Waals surface area (Å²) in [6.07, 6.45) is 6.72. The van der Waals surface area contributed by atoms with E-state index in [2.05, 4.69) is 35.6 Å². The number of fused-ring (bicyclic) bond motifs is 4. The molecule has 7 rings (SSSR count). The van der Waals surface area contributed by atoms with Crippen LogP contribution in [-0.2, 0) is 11.2 Å². The second-order valence-corrected chi connectivity index (χ2v) is 13.0. The van der Waals surface area contributed by atoms with E-state index in [1.165, 1.54) is 28.9 Å². The highest BCUT2D eigenvalue weighted by Gasteiger charge is 2.38. The number of carbonyl (C=O) groups is 1. The first-order valence-corrected chi connectivity index (χ1v) is 16.1. The zero-order valence-electron chi connectivity index (χ0n) is 25.6. The second-order valence-electron chi connectivity index (χ2n) is 13.0. The number of hydrogen-bond acceptors (Lipinski definition) is 7. The number of amides is 1. The summed E-state index contributed by atoms with van der Waals surface area (Å²) in [4.78, 5) is 27.5. The summed E-state index contributed by atoms with van der Waals surface area (Å²) in [5.74, 6) is -0.714. The number of rotatable bonds is 7. The van der Waals surface area contributed by atoms with Crippen molar-refractivity contribution < 1.29 is 18.3 Å². The van der Waals surface area contributed by atoms with E-state index >= 15 is 4.39 Å². The third-order valence-corrected chi connectivity index (χ3v) is 10.4. The fourth-order valence-corrected chi connectivity index (χ4v) is 8.16. The molecule has 0 spiro atoms. The Morgan fingerprint density at radius 2 is 1.96 bits per heavy atom. The molecule has 3 aromatic rings. The van der Waals surface area contributed by atoms with Gasteiger partial charge in [-0.15, -0.1) is 0 Å². The summed E-state index contributed by atoms with van der Waals surface area (Å²) in [5, 5.41) is 10.0. The highest BCUT2D eigenvalue weighted by atomic mass is 19.1. The molecule has 4 aliphatic rings. The molecule has 10 heteroatoms. The van der Waals surface area contributed by atoms with Gasteiger partial charge in [-0.3, -0.25) is 4.79 Å². The Bertz CT molecular complexity index is 1710. The van der Waals surface area contributed by atoms with E-state index in [0.717, 1.165) is 37.8 Å². The first-order chi connectivity index (χ1) is 21.8. The minimum atomic E-state index is -1.06. The normalized spacial score (nSPS) is 24.5. The number of likely N-dealkylation sites (N-methyl/N-ethyl adjacent to an activating group) is 1. The Kier molecular flexibility index (Phi) is 7.90. The molecule has 3 fully saturated rings. The molecule has 2 unspecified atom stereocenters. The van der Waals surface area contributed by atoms with E-state index in [9.17, 15) is 14.4 Å². The minimum absolute atomic E-state index is 0.00962. The predicted octanol–water partition coefficient (Wildman–Crippen LogP) is 5.76. The molecule has 3 heterocycles. The molecule has 0 bridgehead atoms. The van der Waals surface area contributed by atoms with Gasteiger partial charge in [-0.25, -0.2) is 8.78 Å². The number of halogens is 2. The monoisotopic (exact) mass is 612 g/mol. The Morgan fingerprint density at radius 1 is 1.09 bits per heavy atom. The lowest BCUT2D eigenvalue weighted by Crippen LogP contribution is -2.55. The average Bonchev–Trinajstić information content (AvgIpc) is 3.76. The van der Waals surface area contributed by atoms with Gasteiger partial charge in [0, 0.05) is 36.6 Å². The highest BCUT2D eigenvalue weighted by molar-refractivity contribution is 5.94. The standard InChI is InChI=1S/C35H38F2N6O2/c1-21(36)34(44)43-17-16-42(19-24(43)13-14-38)33-29-12-11-28(27-10-4-7-23-18-22-6-3-9-26(22)30(23)27)31(37)32(29)39-35(40-33)45-20-25-8-5-15-41(25)2/h4,7,10-12,22,24-26H,1,3,5-6,8-9,13,15-20H2,2H3/t22?,24-,25-,26?/m0/s1. The first kappa shape index (κ1) is 29.6. The van der Waals surface area contributed by atoms with Gasteiger partial charge < -0.3 is 19.4 Å². The molecule has 45 heavy (non-hydrogen) atoms. The lowest BCUT2D eigenvalue weighted by atomic mass is 9.89. The summed E-state index contributed by atoms with van der Waals surface area (Å²) < 4.78 is 36.8. The van der Waals surface area contributed by atoms with E-state index in [-0.39, 0.29) is 37.1 Å². The molecule has 1 saturated carbocycles. The van der Waals surface area contributed by atoms with E-state index in [1.54, 1.807) is 0 Å². The number of benzene rings is 2. The Morgan fingerprint density at radius 3 is 2.73 bits per heavy atom. The van der Waals surface area contributed by atoms with Crippen molar-refractivity contribution in [3.63, 3.8) is 0 Å². The lowest BCUT2D eigenvalue weighted by Gasteiger charge is -2.41. The molecule has 2 aliphatic carbocycles. The summed E-state index contributed by atoms with van der Waals surface area (Å²) in [6.45, 7) is 5.25. The van der Waals surface area contributed by atoms with Crippen LogP contribution in [0.15, 0.2) is 42.7 Å². The molecule has 1 amide bonds. The van der Waals surface area contributed by atoms with Crippen LogP contribution in [0.5, 0.6) is 6.01 Å². The van der Waals surface area contributed by atoms with Crippen LogP contribution in [0.2, 0.25) is 0 Å². The zero-order valence-corrected chi connectivity index (χ0v) is 25.6. The number of carbonyl (C=O) groups excluding carboxylic acids is 1. The van der Waals surface area contributed by atoms with Crippen molar-refractivity contribution in [1.82, 2.24) is 19.8 Å². The second kappa shape index (κ2) is 12.0. The van der Waals surface area contributed by atoms with Gasteiger partial charge in [0.1, 0.15) is 17.9 Å². The summed E-state index contributed by atoms with van der Waals surface area (Å²) in [5.41, 5.74) is 4.24. The van der Waals surface area contributed by atoms with Crippen LogP contribution >= 0.6 is 0 Å². The number of piperazine rings is 1. The molecule has 0 radical (unpaired) electrons. The lowest BCUT2D eigenvalue weighted by molar-refractivity contribution is -0.131.